The third-order valence-electron chi connectivity index (χ3n) is 6.79. The van der Waals surface area contributed by atoms with Gasteiger partial charge in [0.25, 0.3) is 11.8 Å². The predicted octanol–water partition coefficient (Wildman–Crippen LogP) is 3.77. The molecule has 210 valence electrons. The lowest BCUT2D eigenvalue weighted by atomic mass is 10.1. The number of rotatable bonds is 6. The van der Waals surface area contributed by atoms with Gasteiger partial charge < -0.3 is 26.2 Å². The molecule has 5 rings (SSSR count). The zero-order valence-corrected chi connectivity index (χ0v) is 22.6. The molecule has 0 aliphatic carbocycles. The number of urea groups is 2. The molecule has 3 aromatic rings. The van der Waals surface area contributed by atoms with Crippen molar-refractivity contribution in [1.29, 1.82) is 0 Å². The fourth-order valence-corrected chi connectivity index (χ4v) is 4.94. The molecule has 2 heterocycles. The lowest BCUT2D eigenvalue weighted by Crippen LogP contribution is -2.49. The van der Waals surface area contributed by atoms with E-state index in [4.69, 9.17) is 0 Å². The Hall–Kier alpha value is -5.19. The first kappa shape index (κ1) is 27.4. The molecule has 1 unspecified atom stereocenters. The number of carbonyl (C=O) groups excluding carboxylic acids is 5. The zero-order chi connectivity index (χ0) is 29.1. The molecule has 0 bridgehead atoms. The molecule has 0 radical (unpaired) electrons. The normalized spacial score (nSPS) is 15.9. The number of nitrogens with zero attached hydrogens (tertiary/aromatic N) is 1. The van der Waals surface area contributed by atoms with Gasteiger partial charge in [-0.3, -0.25) is 19.7 Å². The Morgan fingerprint density at radius 3 is 2.41 bits per heavy atom. The van der Waals surface area contributed by atoms with Gasteiger partial charge in [0.2, 0.25) is 5.91 Å². The molecule has 3 aromatic carbocycles. The minimum atomic E-state index is -0.820. The van der Waals surface area contributed by atoms with E-state index in [1.165, 1.54) is 18.2 Å². The largest absolute Gasteiger partial charge is 0.336 e. The van der Waals surface area contributed by atoms with E-state index in [0.717, 1.165) is 16.8 Å². The number of hydrogen-bond donors (Lipinski definition) is 5. The Morgan fingerprint density at radius 2 is 1.61 bits per heavy atom. The summed E-state index contributed by atoms with van der Waals surface area (Å²) in [5.41, 5.74) is 3.86. The second-order valence-corrected chi connectivity index (χ2v) is 10.2. The first-order valence-corrected chi connectivity index (χ1v) is 13.3. The van der Waals surface area contributed by atoms with Gasteiger partial charge in [-0.15, -0.1) is 0 Å². The standard InChI is InChI=1S/C30H30N6O5/c1-17(2)31-29(40)32-20-8-5-6-18(14-20)16-36-25-9-4-3-7-19(25)10-13-24(28(36)39)34-30(41)33-21-11-12-22-23(15-21)27(38)35-26(22)37/h3-9,11-12,14-15,17,24H,10,13,16H2,1-2H3,(H2,31,32,40)(H2,33,34,41)(H,35,37,38). The van der Waals surface area contributed by atoms with Crippen molar-refractivity contribution in [2.24, 2.45) is 0 Å². The van der Waals surface area contributed by atoms with Crippen LogP contribution in [0.1, 0.15) is 52.1 Å². The average molecular weight is 555 g/mol. The molecule has 11 heteroatoms. The lowest BCUT2D eigenvalue weighted by molar-refractivity contribution is -0.120. The number of imide groups is 1. The van der Waals surface area contributed by atoms with E-state index in [9.17, 15) is 24.0 Å². The highest BCUT2D eigenvalue weighted by molar-refractivity contribution is 6.22. The molecular formula is C30H30N6O5. The zero-order valence-electron chi connectivity index (χ0n) is 22.6. The summed E-state index contributed by atoms with van der Waals surface area (Å²) in [7, 11) is 0. The maximum atomic E-state index is 13.8. The van der Waals surface area contributed by atoms with Crippen LogP contribution in [0.25, 0.3) is 0 Å². The van der Waals surface area contributed by atoms with E-state index in [2.05, 4.69) is 26.6 Å². The number of anilines is 3. The van der Waals surface area contributed by atoms with Gasteiger partial charge in [-0.05, 0) is 74.2 Å². The first-order valence-electron chi connectivity index (χ1n) is 13.3. The van der Waals surface area contributed by atoms with Gasteiger partial charge >= 0.3 is 12.1 Å². The maximum Gasteiger partial charge on any atom is 0.319 e. The summed E-state index contributed by atoms with van der Waals surface area (Å²) in [6.07, 6.45) is 0.958. The number of para-hydroxylation sites is 1. The second kappa shape index (κ2) is 11.5. The van der Waals surface area contributed by atoms with Crippen molar-refractivity contribution in [1.82, 2.24) is 16.0 Å². The summed E-state index contributed by atoms with van der Waals surface area (Å²) in [6.45, 7) is 3.97. The Kier molecular flexibility index (Phi) is 7.68. The van der Waals surface area contributed by atoms with Crippen LogP contribution < -0.4 is 31.5 Å². The van der Waals surface area contributed by atoms with Crippen LogP contribution >= 0.6 is 0 Å². The highest BCUT2D eigenvalue weighted by Crippen LogP contribution is 2.29. The molecule has 1 atom stereocenters. The Balaban J connectivity index is 1.32. The molecule has 5 N–H and O–H groups in total. The molecule has 7 amide bonds. The average Bonchev–Trinajstić information content (AvgIpc) is 3.14. The third-order valence-corrected chi connectivity index (χ3v) is 6.79. The van der Waals surface area contributed by atoms with Crippen LogP contribution in [0.15, 0.2) is 66.7 Å². The van der Waals surface area contributed by atoms with Crippen LogP contribution in [-0.2, 0) is 17.8 Å². The quantitative estimate of drug-likeness (QED) is 0.294. The van der Waals surface area contributed by atoms with Crippen LogP contribution in [-0.4, -0.2) is 41.9 Å². The Labute approximate surface area is 236 Å². The van der Waals surface area contributed by atoms with Crippen molar-refractivity contribution in [2.75, 3.05) is 15.5 Å². The summed E-state index contributed by atoms with van der Waals surface area (Å²) < 4.78 is 0. The van der Waals surface area contributed by atoms with E-state index in [-0.39, 0.29) is 35.7 Å². The van der Waals surface area contributed by atoms with E-state index in [0.29, 0.717) is 24.2 Å². The maximum absolute atomic E-state index is 13.8. The highest BCUT2D eigenvalue weighted by atomic mass is 16.2. The summed E-state index contributed by atoms with van der Waals surface area (Å²) in [4.78, 5) is 64.4. The van der Waals surface area contributed by atoms with Crippen molar-refractivity contribution >= 4 is 46.8 Å². The van der Waals surface area contributed by atoms with Gasteiger partial charge in [0.1, 0.15) is 6.04 Å². The fourth-order valence-electron chi connectivity index (χ4n) is 4.94. The molecule has 0 spiro atoms. The molecular weight excluding hydrogens is 524 g/mol. The van der Waals surface area contributed by atoms with E-state index >= 15 is 0 Å². The Morgan fingerprint density at radius 1 is 0.878 bits per heavy atom. The number of hydrogen-bond acceptors (Lipinski definition) is 5. The third kappa shape index (κ3) is 6.19. The van der Waals surface area contributed by atoms with Crippen LogP contribution in [0, 0.1) is 0 Å². The number of benzene rings is 3. The minimum Gasteiger partial charge on any atom is -0.336 e. The number of carbonyl (C=O) groups is 5. The molecule has 0 fully saturated rings. The van der Waals surface area contributed by atoms with Gasteiger partial charge in [-0.1, -0.05) is 30.3 Å². The summed E-state index contributed by atoms with van der Waals surface area (Å²) >= 11 is 0. The summed E-state index contributed by atoms with van der Waals surface area (Å²) in [6, 6.07) is 17.5. The minimum absolute atomic E-state index is 0.0163. The summed E-state index contributed by atoms with van der Waals surface area (Å²) in [5, 5.41) is 13.2. The molecule has 2 aliphatic rings. The molecule has 41 heavy (non-hydrogen) atoms. The second-order valence-electron chi connectivity index (χ2n) is 10.2. The van der Waals surface area contributed by atoms with Crippen molar-refractivity contribution in [3.63, 3.8) is 0 Å². The SMILES string of the molecule is CC(C)NC(=O)Nc1cccc(CN2C(=O)C(NC(=O)Nc3ccc4c(c3)C(=O)NC4=O)CCc3ccccc32)c1. The molecule has 2 aliphatic heterocycles. The van der Waals surface area contributed by atoms with E-state index in [1.807, 2.05) is 56.3 Å². The molecule has 11 nitrogen and oxygen atoms in total. The molecule has 0 saturated carbocycles. The van der Waals surface area contributed by atoms with Crippen molar-refractivity contribution < 1.29 is 24.0 Å². The number of fused-ring (bicyclic) bond motifs is 2. The van der Waals surface area contributed by atoms with Crippen molar-refractivity contribution in [2.45, 2.75) is 45.3 Å². The van der Waals surface area contributed by atoms with Crippen LogP contribution in [0.4, 0.5) is 26.7 Å². The van der Waals surface area contributed by atoms with E-state index in [1.54, 1.807) is 11.0 Å². The van der Waals surface area contributed by atoms with Gasteiger partial charge in [0, 0.05) is 23.1 Å². The highest BCUT2D eigenvalue weighted by Gasteiger charge is 2.32. The van der Waals surface area contributed by atoms with Crippen LogP contribution in [0.2, 0.25) is 0 Å². The summed E-state index contributed by atoms with van der Waals surface area (Å²) in [5.74, 6) is -1.29. The van der Waals surface area contributed by atoms with Crippen molar-refractivity contribution in [3.05, 3.63) is 89.0 Å². The number of nitrogens with one attached hydrogen (secondary N) is 5. The predicted molar refractivity (Wildman–Crippen MR) is 154 cm³/mol. The van der Waals surface area contributed by atoms with Gasteiger partial charge in [0.05, 0.1) is 17.7 Å². The topological polar surface area (TPSA) is 149 Å². The van der Waals surface area contributed by atoms with E-state index < -0.39 is 23.9 Å². The van der Waals surface area contributed by atoms with Crippen LogP contribution in [0.3, 0.4) is 0 Å². The van der Waals surface area contributed by atoms with Gasteiger partial charge in [-0.25, -0.2) is 9.59 Å². The van der Waals surface area contributed by atoms with Crippen LogP contribution in [0.5, 0.6) is 0 Å². The first-order chi connectivity index (χ1) is 19.7. The fraction of sp³-hybridized carbons (Fsp3) is 0.233. The molecule has 0 saturated heterocycles. The van der Waals surface area contributed by atoms with Gasteiger partial charge in [-0.2, -0.15) is 0 Å². The number of amides is 7. The molecule has 0 aromatic heterocycles. The van der Waals surface area contributed by atoms with Crippen molar-refractivity contribution in [3.8, 4) is 0 Å². The number of aryl methyl sites for hydroxylation is 1. The monoisotopic (exact) mass is 554 g/mol. The van der Waals surface area contributed by atoms with Gasteiger partial charge in [0.15, 0.2) is 0 Å². The lowest BCUT2D eigenvalue weighted by Gasteiger charge is -2.26. The smallest absolute Gasteiger partial charge is 0.319 e. The Bertz CT molecular complexity index is 1550.